The maximum Gasteiger partial charge on any atom is 0.256 e. The number of hydrogen-bond acceptors (Lipinski definition) is 3. The Morgan fingerprint density at radius 3 is 2.73 bits per heavy atom. The number of hydrogen-bond donors (Lipinski definition) is 1. The first-order valence-corrected chi connectivity index (χ1v) is 9.83. The van der Waals surface area contributed by atoms with E-state index in [9.17, 15) is 4.79 Å². The second-order valence-electron chi connectivity index (χ2n) is 6.72. The highest BCUT2D eigenvalue weighted by molar-refractivity contribution is 7.98. The number of fused-ring (bicyclic) bond motifs is 1. The number of aryl methyl sites for hydroxylation is 2. The Hall–Kier alpha value is -2.53. The number of anilines is 1. The second-order valence-corrected chi connectivity index (χ2v) is 7.71. The molecule has 1 N–H and O–H groups in total. The van der Waals surface area contributed by atoms with Crippen LogP contribution in [-0.2, 0) is 11.5 Å². The van der Waals surface area contributed by atoms with Gasteiger partial charge in [-0.1, -0.05) is 29.8 Å². The molecule has 0 unspecified atom stereocenters. The zero-order valence-corrected chi connectivity index (χ0v) is 16.0. The normalized spacial score (nSPS) is 12.9. The van der Waals surface area contributed by atoms with Gasteiger partial charge in [0.25, 0.3) is 5.91 Å². The van der Waals surface area contributed by atoms with Crippen molar-refractivity contribution < 1.29 is 4.79 Å². The number of carbonyl (C=O) groups is 1. The van der Waals surface area contributed by atoms with Gasteiger partial charge in [-0.3, -0.25) is 4.79 Å². The summed E-state index contributed by atoms with van der Waals surface area (Å²) in [4.78, 5) is 12.8. The molecule has 0 saturated carbocycles. The molecule has 0 fully saturated rings. The largest absolute Gasteiger partial charge is 0.306 e. The van der Waals surface area contributed by atoms with E-state index >= 15 is 0 Å². The van der Waals surface area contributed by atoms with Crippen molar-refractivity contribution in [1.82, 2.24) is 9.78 Å². The predicted octanol–water partition coefficient (Wildman–Crippen LogP) is 4.80. The standard InChI is InChI=1S/C21H21N3OS/c1-13-6-4-8-16(10-13)21(25)22-20-17-11-26-12-18(17)23-24(20)19-9-5-7-14(2)15(19)3/h4-10H,11-12H2,1-3H3,(H,22,25). The molecule has 4 rings (SSSR count). The quantitative estimate of drug-likeness (QED) is 0.727. The van der Waals surface area contributed by atoms with Crippen LogP contribution in [0.15, 0.2) is 42.5 Å². The topological polar surface area (TPSA) is 46.9 Å². The van der Waals surface area contributed by atoms with Gasteiger partial charge in [0.1, 0.15) is 5.82 Å². The third kappa shape index (κ3) is 2.92. The van der Waals surface area contributed by atoms with E-state index in [-0.39, 0.29) is 5.91 Å². The average Bonchev–Trinajstić information content (AvgIpc) is 3.20. The lowest BCUT2D eigenvalue weighted by molar-refractivity contribution is 0.102. The highest BCUT2D eigenvalue weighted by Crippen LogP contribution is 2.37. The van der Waals surface area contributed by atoms with Crippen molar-refractivity contribution in [3.05, 3.63) is 76.0 Å². The molecular formula is C21H21N3OS. The fraction of sp³-hybridized carbons (Fsp3) is 0.238. The lowest BCUT2D eigenvalue weighted by Gasteiger charge is -2.14. The molecule has 1 aliphatic heterocycles. The van der Waals surface area contributed by atoms with Crippen LogP contribution in [-0.4, -0.2) is 15.7 Å². The molecule has 1 aliphatic rings. The molecule has 0 atom stereocenters. The van der Waals surface area contributed by atoms with Gasteiger partial charge in [0.05, 0.1) is 11.4 Å². The first-order valence-electron chi connectivity index (χ1n) is 8.67. The SMILES string of the molecule is Cc1cccc(C(=O)Nc2c3c(nn2-c2cccc(C)c2C)CSC3)c1. The zero-order valence-electron chi connectivity index (χ0n) is 15.2. The fourth-order valence-electron chi connectivity index (χ4n) is 3.25. The van der Waals surface area contributed by atoms with Gasteiger partial charge in [-0.15, -0.1) is 0 Å². The summed E-state index contributed by atoms with van der Waals surface area (Å²) in [5, 5.41) is 7.94. The minimum Gasteiger partial charge on any atom is -0.306 e. The van der Waals surface area contributed by atoms with Crippen LogP contribution in [0.1, 0.15) is 38.3 Å². The highest BCUT2D eigenvalue weighted by Gasteiger charge is 2.25. The van der Waals surface area contributed by atoms with Gasteiger partial charge >= 0.3 is 0 Å². The third-order valence-corrected chi connectivity index (χ3v) is 5.84. The number of thioether (sulfide) groups is 1. The van der Waals surface area contributed by atoms with Crippen molar-refractivity contribution >= 4 is 23.5 Å². The summed E-state index contributed by atoms with van der Waals surface area (Å²) in [5.41, 5.74) is 7.34. The van der Waals surface area contributed by atoms with Crippen LogP contribution in [0.3, 0.4) is 0 Å². The summed E-state index contributed by atoms with van der Waals surface area (Å²) in [6.45, 7) is 6.18. The predicted molar refractivity (Wildman–Crippen MR) is 107 cm³/mol. The van der Waals surface area contributed by atoms with E-state index < -0.39 is 0 Å². The number of aromatic nitrogens is 2. The van der Waals surface area contributed by atoms with E-state index in [0.717, 1.165) is 39.8 Å². The Kier molecular flexibility index (Phi) is 4.32. The van der Waals surface area contributed by atoms with Gasteiger partial charge in [-0.2, -0.15) is 16.9 Å². The summed E-state index contributed by atoms with van der Waals surface area (Å²) in [6, 6.07) is 13.8. The summed E-state index contributed by atoms with van der Waals surface area (Å²) < 4.78 is 1.90. The number of benzene rings is 2. The van der Waals surface area contributed by atoms with E-state index in [4.69, 9.17) is 5.10 Å². The summed E-state index contributed by atoms with van der Waals surface area (Å²) in [5.74, 6) is 2.47. The molecule has 1 aromatic heterocycles. The lowest BCUT2D eigenvalue weighted by Crippen LogP contribution is -2.16. The van der Waals surface area contributed by atoms with Gasteiger partial charge in [0, 0.05) is 22.6 Å². The molecule has 0 aliphatic carbocycles. The van der Waals surface area contributed by atoms with Gasteiger partial charge < -0.3 is 5.32 Å². The van der Waals surface area contributed by atoms with E-state index in [1.54, 1.807) is 0 Å². The Bertz CT molecular complexity index is 1010. The van der Waals surface area contributed by atoms with Crippen molar-refractivity contribution in [3.8, 4) is 5.69 Å². The Balaban J connectivity index is 1.78. The molecular weight excluding hydrogens is 342 g/mol. The van der Waals surface area contributed by atoms with Crippen LogP contribution in [0.2, 0.25) is 0 Å². The molecule has 26 heavy (non-hydrogen) atoms. The maximum absolute atomic E-state index is 12.8. The van der Waals surface area contributed by atoms with E-state index in [0.29, 0.717) is 5.56 Å². The highest BCUT2D eigenvalue weighted by atomic mass is 32.2. The lowest BCUT2D eigenvalue weighted by atomic mass is 10.1. The van der Waals surface area contributed by atoms with E-state index in [2.05, 4.69) is 31.3 Å². The third-order valence-electron chi connectivity index (χ3n) is 4.87. The number of nitrogens with one attached hydrogen (secondary N) is 1. The van der Waals surface area contributed by atoms with Gasteiger partial charge in [-0.05, 0) is 50.1 Å². The molecule has 0 spiro atoms. The smallest absolute Gasteiger partial charge is 0.256 e. The molecule has 2 heterocycles. The van der Waals surface area contributed by atoms with E-state index in [1.807, 2.05) is 53.7 Å². The molecule has 0 bridgehead atoms. The van der Waals surface area contributed by atoms with Crippen LogP contribution >= 0.6 is 11.8 Å². The molecule has 2 aromatic carbocycles. The van der Waals surface area contributed by atoms with Gasteiger partial charge in [-0.25, -0.2) is 4.68 Å². The summed E-state index contributed by atoms with van der Waals surface area (Å²) in [6.07, 6.45) is 0. The van der Waals surface area contributed by atoms with Crippen molar-refractivity contribution in [2.45, 2.75) is 32.3 Å². The molecule has 0 saturated heterocycles. The minimum absolute atomic E-state index is 0.0974. The molecule has 3 aromatic rings. The van der Waals surface area contributed by atoms with Gasteiger partial charge in [0.15, 0.2) is 0 Å². The van der Waals surface area contributed by atoms with Crippen molar-refractivity contribution in [1.29, 1.82) is 0 Å². The molecule has 0 radical (unpaired) electrons. The van der Waals surface area contributed by atoms with Crippen LogP contribution in [0, 0.1) is 20.8 Å². The minimum atomic E-state index is -0.0974. The number of nitrogens with zero attached hydrogens (tertiary/aromatic N) is 2. The van der Waals surface area contributed by atoms with Crippen LogP contribution in [0.4, 0.5) is 5.82 Å². The van der Waals surface area contributed by atoms with Crippen molar-refractivity contribution in [3.63, 3.8) is 0 Å². The van der Waals surface area contributed by atoms with Crippen molar-refractivity contribution in [2.75, 3.05) is 5.32 Å². The number of rotatable bonds is 3. The molecule has 5 heteroatoms. The molecule has 1 amide bonds. The Labute approximate surface area is 157 Å². The van der Waals surface area contributed by atoms with E-state index in [1.165, 1.54) is 11.1 Å². The number of amides is 1. The van der Waals surface area contributed by atoms with Crippen LogP contribution < -0.4 is 5.32 Å². The van der Waals surface area contributed by atoms with Crippen LogP contribution in [0.25, 0.3) is 5.69 Å². The maximum atomic E-state index is 12.8. The Morgan fingerprint density at radius 2 is 1.92 bits per heavy atom. The van der Waals surface area contributed by atoms with Crippen LogP contribution in [0.5, 0.6) is 0 Å². The summed E-state index contributed by atoms with van der Waals surface area (Å²) in [7, 11) is 0. The Morgan fingerprint density at radius 1 is 1.12 bits per heavy atom. The van der Waals surface area contributed by atoms with Crippen molar-refractivity contribution in [2.24, 2.45) is 0 Å². The summed E-state index contributed by atoms with van der Waals surface area (Å²) >= 11 is 1.83. The number of carbonyl (C=O) groups excluding carboxylic acids is 1. The molecule has 132 valence electrons. The average molecular weight is 363 g/mol. The first-order chi connectivity index (χ1) is 12.5. The van der Waals surface area contributed by atoms with Gasteiger partial charge in [0.2, 0.25) is 0 Å². The fourth-order valence-corrected chi connectivity index (χ4v) is 4.28. The zero-order chi connectivity index (χ0) is 18.3. The monoisotopic (exact) mass is 363 g/mol. The molecule has 4 nitrogen and oxygen atoms in total. The second kappa shape index (κ2) is 6.65. The first kappa shape index (κ1) is 16.9.